The van der Waals surface area contributed by atoms with Gasteiger partial charge >= 0.3 is 17.9 Å². The Labute approximate surface area is 430 Å². The molecule has 1 atom stereocenters. The lowest BCUT2D eigenvalue weighted by atomic mass is 10.0. The summed E-state index contributed by atoms with van der Waals surface area (Å²) in [4.78, 5) is 38.1. The van der Waals surface area contributed by atoms with Crippen LogP contribution in [0.25, 0.3) is 0 Å². The predicted molar refractivity (Wildman–Crippen MR) is 298 cm³/mol. The first-order valence-corrected chi connectivity index (χ1v) is 30.8. The molecule has 69 heavy (non-hydrogen) atoms. The van der Waals surface area contributed by atoms with Crippen LogP contribution in [-0.2, 0) is 28.6 Å². The van der Waals surface area contributed by atoms with Gasteiger partial charge in [-0.25, -0.2) is 0 Å². The summed E-state index contributed by atoms with van der Waals surface area (Å²) in [5.41, 5.74) is 0. The van der Waals surface area contributed by atoms with Gasteiger partial charge in [0.1, 0.15) is 13.2 Å². The van der Waals surface area contributed by atoms with Gasteiger partial charge in [-0.15, -0.1) is 0 Å². The van der Waals surface area contributed by atoms with Crippen LogP contribution in [0.4, 0.5) is 0 Å². The van der Waals surface area contributed by atoms with E-state index in [2.05, 4.69) is 45.1 Å². The molecule has 406 valence electrons. The monoisotopic (exact) mass is 971 g/mol. The summed E-state index contributed by atoms with van der Waals surface area (Å²) in [6.07, 6.45) is 69.1. The molecule has 0 fully saturated rings. The van der Waals surface area contributed by atoms with Crippen molar-refractivity contribution in [3.05, 3.63) is 24.3 Å². The maximum absolute atomic E-state index is 12.9. The second-order valence-corrected chi connectivity index (χ2v) is 21.0. The summed E-state index contributed by atoms with van der Waals surface area (Å²) in [7, 11) is 0. The largest absolute Gasteiger partial charge is 0.462 e. The number of unbranched alkanes of at least 4 members (excludes halogenated alkanes) is 42. The van der Waals surface area contributed by atoms with Gasteiger partial charge in [-0.1, -0.05) is 283 Å². The van der Waals surface area contributed by atoms with Gasteiger partial charge in [-0.2, -0.15) is 0 Å². The predicted octanol–water partition coefficient (Wildman–Crippen LogP) is 20.7. The van der Waals surface area contributed by atoms with Crippen molar-refractivity contribution in [1.29, 1.82) is 0 Å². The van der Waals surface area contributed by atoms with Crippen LogP contribution in [-0.4, -0.2) is 37.2 Å². The van der Waals surface area contributed by atoms with Crippen molar-refractivity contribution >= 4 is 17.9 Å². The molecule has 0 spiro atoms. The molecule has 0 N–H and O–H groups in total. The summed E-state index contributed by atoms with van der Waals surface area (Å²) in [5, 5.41) is 0. The number of carbonyl (C=O) groups excluding carboxylic acids is 3. The van der Waals surface area contributed by atoms with Crippen molar-refractivity contribution in [3.63, 3.8) is 0 Å². The highest BCUT2D eigenvalue weighted by molar-refractivity contribution is 5.71. The van der Waals surface area contributed by atoms with Crippen LogP contribution in [0.3, 0.4) is 0 Å². The molecular weight excluding hydrogens is 853 g/mol. The van der Waals surface area contributed by atoms with Crippen molar-refractivity contribution in [2.24, 2.45) is 0 Å². The number of esters is 3. The zero-order valence-corrected chi connectivity index (χ0v) is 46.6. The smallest absolute Gasteiger partial charge is 0.306 e. The van der Waals surface area contributed by atoms with Crippen LogP contribution in [0.15, 0.2) is 24.3 Å². The van der Waals surface area contributed by atoms with E-state index in [1.54, 1.807) is 0 Å². The molecule has 6 nitrogen and oxygen atoms in total. The highest BCUT2D eigenvalue weighted by Crippen LogP contribution is 2.17. The molecule has 0 rings (SSSR count). The zero-order chi connectivity index (χ0) is 50.0. The maximum atomic E-state index is 12.9. The van der Waals surface area contributed by atoms with E-state index >= 15 is 0 Å². The molecule has 0 bridgehead atoms. The number of allylic oxidation sites excluding steroid dienone is 4. The van der Waals surface area contributed by atoms with Gasteiger partial charge in [0.15, 0.2) is 6.10 Å². The lowest BCUT2D eigenvalue weighted by Crippen LogP contribution is -2.30. The van der Waals surface area contributed by atoms with Gasteiger partial charge in [0.2, 0.25) is 0 Å². The number of rotatable bonds is 57. The Balaban J connectivity index is 4.21. The second-order valence-electron chi connectivity index (χ2n) is 21.0. The van der Waals surface area contributed by atoms with Crippen LogP contribution < -0.4 is 0 Å². The molecule has 0 saturated carbocycles. The third-order valence-electron chi connectivity index (χ3n) is 13.9. The van der Waals surface area contributed by atoms with Gasteiger partial charge in [0.25, 0.3) is 0 Å². The quantitative estimate of drug-likeness (QED) is 0.0261. The van der Waals surface area contributed by atoms with E-state index in [0.29, 0.717) is 19.3 Å². The molecule has 0 radical (unpaired) electrons. The molecule has 0 heterocycles. The molecule has 0 aliphatic rings. The van der Waals surface area contributed by atoms with E-state index in [1.165, 1.54) is 231 Å². The van der Waals surface area contributed by atoms with Crippen LogP contribution in [0.1, 0.15) is 342 Å². The topological polar surface area (TPSA) is 78.9 Å². The molecule has 6 heteroatoms. The molecule has 0 aromatic heterocycles. The molecular formula is C63H118O6. The summed E-state index contributed by atoms with van der Waals surface area (Å²) in [6.45, 7) is 6.62. The first-order valence-electron chi connectivity index (χ1n) is 30.8. The molecule has 0 saturated heterocycles. The molecule has 1 unspecified atom stereocenters. The third-order valence-corrected chi connectivity index (χ3v) is 13.9. The van der Waals surface area contributed by atoms with Crippen molar-refractivity contribution in [3.8, 4) is 0 Å². The number of ether oxygens (including phenoxy) is 3. The van der Waals surface area contributed by atoms with Crippen LogP contribution >= 0.6 is 0 Å². The minimum absolute atomic E-state index is 0.0701. The van der Waals surface area contributed by atoms with Crippen LogP contribution in [0.2, 0.25) is 0 Å². The first kappa shape index (κ1) is 66.9. The SMILES string of the molecule is CCC/C=C\CCCCCCCC(=O)OCC(COC(=O)CCCCCCCCCCCCCCCCCCCCCCCC)OC(=O)CCCCCCCCCCC/C=C\CCCCCCCC. The van der Waals surface area contributed by atoms with E-state index in [1.807, 2.05) is 0 Å². The summed E-state index contributed by atoms with van der Waals surface area (Å²) in [6, 6.07) is 0. The number of hydrogen-bond donors (Lipinski definition) is 0. The Hall–Kier alpha value is -2.11. The van der Waals surface area contributed by atoms with Gasteiger partial charge in [-0.3, -0.25) is 14.4 Å². The fourth-order valence-corrected chi connectivity index (χ4v) is 9.27. The highest BCUT2D eigenvalue weighted by atomic mass is 16.6. The minimum Gasteiger partial charge on any atom is -0.462 e. The highest BCUT2D eigenvalue weighted by Gasteiger charge is 2.19. The zero-order valence-electron chi connectivity index (χ0n) is 46.6. The van der Waals surface area contributed by atoms with Crippen molar-refractivity contribution < 1.29 is 28.6 Å². The first-order chi connectivity index (χ1) is 34.0. The van der Waals surface area contributed by atoms with Gasteiger partial charge in [-0.05, 0) is 64.2 Å². The summed E-state index contributed by atoms with van der Waals surface area (Å²) in [5.74, 6) is -0.861. The van der Waals surface area contributed by atoms with Crippen molar-refractivity contribution in [2.75, 3.05) is 13.2 Å². The van der Waals surface area contributed by atoms with Crippen molar-refractivity contribution in [2.45, 2.75) is 348 Å². The molecule has 0 aromatic carbocycles. The normalized spacial score (nSPS) is 12.1. The van der Waals surface area contributed by atoms with E-state index in [-0.39, 0.29) is 31.1 Å². The lowest BCUT2D eigenvalue weighted by molar-refractivity contribution is -0.167. The summed E-state index contributed by atoms with van der Waals surface area (Å²) >= 11 is 0. The van der Waals surface area contributed by atoms with Crippen molar-refractivity contribution in [1.82, 2.24) is 0 Å². The third kappa shape index (κ3) is 56.7. The van der Waals surface area contributed by atoms with E-state index in [4.69, 9.17) is 14.2 Å². The van der Waals surface area contributed by atoms with Gasteiger partial charge < -0.3 is 14.2 Å². The standard InChI is InChI=1S/C63H118O6/c1-4-7-10-13-16-19-22-24-26-28-30-31-32-34-35-37-39-41-44-47-50-53-56-62(65)68-59-60(58-67-61(64)55-52-49-46-43-21-18-15-12-9-6-3)69-63(66)57-54-51-48-45-42-40-38-36-33-29-27-25-23-20-17-14-11-8-5-2/h12,15,25,27,60H,4-11,13-14,16-24,26,28-59H2,1-3H3/b15-12-,27-25-. The van der Waals surface area contributed by atoms with Gasteiger partial charge in [0, 0.05) is 19.3 Å². The van der Waals surface area contributed by atoms with E-state index < -0.39 is 6.10 Å². The lowest BCUT2D eigenvalue weighted by Gasteiger charge is -2.18. The Kier molecular flexibility index (Phi) is 56.7. The molecule has 0 aliphatic carbocycles. The second kappa shape index (κ2) is 58.5. The minimum atomic E-state index is -0.772. The number of hydrogen-bond acceptors (Lipinski definition) is 6. The molecule has 0 aliphatic heterocycles. The number of carbonyl (C=O) groups is 3. The van der Waals surface area contributed by atoms with E-state index in [9.17, 15) is 14.4 Å². The van der Waals surface area contributed by atoms with E-state index in [0.717, 1.165) is 70.6 Å². The summed E-state index contributed by atoms with van der Waals surface area (Å²) < 4.78 is 16.9. The van der Waals surface area contributed by atoms with Gasteiger partial charge in [0.05, 0.1) is 0 Å². The fraction of sp³-hybridized carbons (Fsp3) is 0.889. The van der Waals surface area contributed by atoms with Crippen LogP contribution in [0.5, 0.6) is 0 Å². The molecule has 0 amide bonds. The maximum Gasteiger partial charge on any atom is 0.306 e. The van der Waals surface area contributed by atoms with Crippen LogP contribution in [0, 0.1) is 0 Å². The Morgan fingerprint density at radius 1 is 0.275 bits per heavy atom. The average Bonchev–Trinajstić information content (AvgIpc) is 3.35. The Morgan fingerprint density at radius 3 is 0.783 bits per heavy atom. The Bertz CT molecular complexity index is 1110. The molecule has 0 aromatic rings. The fourth-order valence-electron chi connectivity index (χ4n) is 9.27. The average molecular weight is 972 g/mol. The Morgan fingerprint density at radius 2 is 0.507 bits per heavy atom.